The second kappa shape index (κ2) is 7.09. The quantitative estimate of drug-likeness (QED) is 0.808. The van der Waals surface area contributed by atoms with Gasteiger partial charge >= 0.3 is 0 Å². The van der Waals surface area contributed by atoms with E-state index in [0.29, 0.717) is 12.1 Å². The van der Waals surface area contributed by atoms with Crippen molar-refractivity contribution in [1.82, 2.24) is 15.1 Å². The normalized spacial score (nSPS) is 18.3. The fraction of sp³-hybridized carbons (Fsp3) is 0.812. The first-order chi connectivity index (χ1) is 9.24. The van der Waals surface area contributed by atoms with E-state index in [1.807, 2.05) is 0 Å². The number of hydrogen-bond acceptors (Lipinski definition) is 2. The third-order valence-electron chi connectivity index (χ3n) is 4.72. The molecule has 1 heterocycles. The number of rotatable bonds is 7. The van der Waals surface area contributed by atoms with Crippen LogP contribution >= 0.6 is 0 Å². The predicted molar refractivity (Wildman–Crippen MR) is 80.1 cm³/mol. The van der Waals surface area contributed by atoms with Crippen molar-refractivity contribution in [3.63, 3.8) is 0 Å². The maximum Gasteiger partial charge on any atom is 0.0762 e. The molecule has 1 unspecified atom stereocenters. The zero-order valence-corrected chi connectivity index (χ0v) is 12.7. The Labute approximate surface area is 117 Å². The lowest BCUT2D eigenvalue weighted by molar-refractivity contribution is 0.350. The molecule has 1 aromatic rings. The summed E-state index contributed by atoms with van der Waals surface area (Å²) in [6, 6.07) is 3.40. The fourth-order valence-electron chi connectivity index (χ4n) is 3.27. The molecule has 1 aliphatic rings. The summed E-state index contributed by atoms with van der Waals surface area (Å²) in [5.74, 6) is 0.775. The Morgan fingerprint density at radius 3 is 2.63 bits per heavy atom. The highest BCUT2D eigenvalue weighted by atomic mass is 15.3. The summed E-state index contributed by atoms with van der Waals surface area (Å²) in [6.45, 7) is 7.76. The molecule has 1 aliphatic carbocycles. The van der Waals surface area contributed by atoms with Crippen LogP contribution in [0, 0.1) is 5.92 Å². The Balaban J connectivity index is 1.82. The van der Waals surface area contributed by atoms with E-state index >= 15 is 0 Å². The van der Waals surface area contributed by atoms with Gasteiger partial charge < -0.3 is 5.32 Å². The van der Waals surface area contributed by atoms with Crippen molar-refractivity contribution in [1.29, 1.82) is 0 Å². The molecule has 1 saturated carbocycles. The largest absolute Gasteiger partial charge is 0.308 e. The van der Waals surface area contributed by atoms with Gasteiger partial charge in [0.05, 0.1) is 11.7 Å². The minimum Gasteiger partial charge on any atom is -0.308 e. The Hall–Kier alpha value is -0.830. The zero-order chi connectivity index (χ0) is 13.7. The Morgan fingerprint density at radius 1 is 1.32 bits per heavy atom. The van der Waals surface area contributed by atoms with Gasteiger partial charge in [0, 0.05) is 18.8 Å². The van der Waals surface area contributed by atoms with Gasteiger partial charge in [0.25, 0.3) is 0 Å². The molecule has 3 heteroatoms. The van der Waals surface area contributed by atoms with Crippen LogP contribution in [0.5, 0.6) is 0 Å². The molecule has 0 bridgehead atoms. The van der Waals surface area contributed by atoms with Crippen molar-refractivity contribution in [3.8, 4) is 0 Å². The van der Waals surface area contributed by atoms with E-state index in [1.54, 1.807) is 0 Å². The van der Waals surface area contributed by atoms with E-state index in [-0.39, 0.29) is 0 Å². The maximum absolute atomic E-state index is 4.73. The van der Waals surface area contributed by atoms with E-state index in [4.69, 9.17) is 5.10 Å². The van der Waals surface area contributed by atoms with Gasteiger partial charge in [-0.25, -0.2) is 0 Å². The lowest BCUT2D eigenvalue weighted by atomic mass is 9.95. The van der Waals surface area contributed by atoms with Crippen LogP contribution in [0.4, 0.5) is 0 Å². The average molecular weight is 263 g/mol. The van der Waals surface area contributed by atoms with Crippen molar-refractivity contribution in [3.05, 3.63) is 18.0 Å². The minimum absolute atomic E-state index is 0.576. The summed E-state index contributed by atoms with van der Waals surface area (Å²) in [5.41, 5.74) is 1.18. The number of nitrogens with one attached hydrogen (secondary N) is 1. The van der Waals surface area contributed by atoms with Crippen molar-refractivity contribution in [2.24, 2.45) is 5.92 Å². The molecule has 0 amide bonds. The topological polar surface area (TPSA) is 29.9 Å². The van der Waals surface area contributed by atoms with E-state index in [1.165, 1.54) is 44.2 Å². The highest BCUT2D eigenvalue weighted by Gasteiger charge is 2.18. The number of nitrogens with zero attached hydrogens (tertiary/aromatic N) is 2. The second-order valence-electron chi connectivity index (χ2n) is 5.97. The Kier molecular flexibility index (Phi) is 5.44. The molecular formula is C16H29N3. The second-order valence-corrected chi connectivity index (χ2v) is 5.97. The summed E-state index contributed by atoms with van der Waals surface area (Å²) in [4.78, 5) is 0. The highest BCUT2D eigenvalue weighted by molar-refractivity contribution is 5.00. The summed E-state index contributed by atoms with van der Waals surface area (Å²) in [7, 11) is 0. The molecule has 0 aromatic carbocycles. The first kappa shape index (κ1) is 14.6. The molecule has 108 valence electrons. The molecule has 1 atom stereocenters. The first-order valence-electron chi connectivity index (χ1n) is 8.02. The van der Waals surface area contributed by atoms with Crippen LogP contribution in [-0.4, -0.2) is 15.8 Å². The molecule has 19 heavy (non-hydrogen) atoms. The maximum atomic E-state index is 4.73. The van der Waals surface area contributed by atoms with Crippen molar-refractivity contribution < 1.29 is 0 Å². The summed E-state index contributed by atoms with van der Waals surface area (Å²) < 4.78 is 2.19. The molecule has 0 spiro atoms. The van der Waals surface area contributed by atoms with Crippen LogP contribution in [0.1, 0.15) is 71.0 Å². The van der Waals surface area contributed by atoms with Gasteiger partial charge in [0.1, 0.15) is 0 Å². The standard InChI is InChI=1S/C16H29N3/c1-4-14(5-2)13(3)17-12-15-10-11-19(18-15)16-8-6-7-9-16/h10-11,13-14,16-17H,4-9,12H2,1-3H3. The van der Waals surface area contributed by atoms with Crippen LogP contribution in [0.15, 0.2) is 12.3 Å². The molecule has 1 fully saturated rings. The van der Waals surface area contributed by atoms with Gasteiger partial charge in [-0.1, -0.05) is 39.5 Å². The SMILES string of the molecule is CCC(CC)C(C)NCc1ccn(C2CCCC2)n1. The number of hydrogen-bond donors (Lipinski definition) is 1. The van der Waals surface area contributed by atoms with Crippen molar-refractivity contribution >= 4 is 0 Å². The van der Waals surface area contributed by atoms with Crippen LogP contribution in [0.25, 0.3) is 0 Å². The highest BCUT2D eigenvalue weighted by Crippen LogP contribution is 2.28. The monoisotopic (exact) mass is 263 g/mol. The Bertz CT molecular complexity index is 362. The van der Waals surface area contributed by atoms with Gasteiger partial charge in [-0.15, -0.1) is 0 Å². The third-order valence-corrected chi connectivity index (χ3v) is 4.72. The molecule has 1 N–H and O–H groups in total. The van der Waals surface area contributed by atoms with Crippen LogP contribution < -0.4 is 5.32 Å². The minimum atomic E-state index is 0.576. The smallest absolute Gasteiger partial charge is 0.0762 e. The Morgan fingerprint density at radius 2 is 2.00 bits per heavy atom. The predicted octanol–water partition coefficient (Wildman–Crippen LogP) is 3.91. The molecule has 2 rings (SSSR count). The molecule has 0 aliphatic heterocycles. The summed E-state index contributed by atoms with van der Waals surface area (Å²) >= 11 is 0. The lowest BCUT2D eigenvalue weighted by Gasteiger charge is -2.22. The third kappa shape index (κ3) is 3.82. The van der Waals surface area contributed by atoms with E-state index < -0.39 is 0 Å². The van der Waals surface area contributed by atoms with Gasteiger partial charge in [-0.3, -0.25) is 4.68 Å². The summed E-state index contributed by atoms with van der Waals surface area (Å²) in [5, 5.41) is 8.36. The molecular weight excluding hydrogens is 234 g/mol. The molecule has 0 saturated heterocycles. The van der Waals surface area contributed by atoms with Crippen LogP contribution in [0.3, 0.4) is 0 Å². The van der Waals surface area contributed by atoms with E-state index in [2.05, 4.69) is 43.0 Å². The molecule has 3 nitrogen and oxygen atoms in total. The summed E-state index contributed by atoms with van der Waals surface area (Å²) in [6.07, 6.45) is 10.0. The zero-order valence-electron chi connectivity index (χ0n) is 12.7. The van der Waals surface area contributed by atoms with Crippen molar-refractivity contribution in [2.45, 2.75) is 77.9 Å². The fourth-order valence-corrected chi connectivity index (χ4v) is 3.27. The van der Waals surface area contributed by atoms with Crippen LogP contribution in [-0.2, 0) is 6.54 Å². The lowest BCUT2D eigenvalue weighted by Crippen LogP contribution is -2.32. The molecule has 1 aromatic heterocycles. The van der Waals surface area contributed by atoms with E-state index in [9.17, 15) is 0 Å². The van der Waals surface area contributed by atoms with Gasteiger partial charge in [-0.05, 0) is 31.7 Å². The molecule has 0 radical (unpaired) electrons. The van der Waals surface area contributed by atoms with Gasteiger partial charge in [0.15, 0.2) is 0 Å². The first-order valence-corrected chi connectivity index (χ1v) is 8.02. The van der Waals surface area contributed by atoms with Crippen LogP contribution in [0.2, 0.25) is 0 Å². The van der Waals surface area contributed by atoms with Gasteiger partial charge in [0.2, 0.25) is 0 Å². The van der Waals surface area contributed by atoms with E-state index in [0.717, 1.165) is 12.5 Å². The van der Waals surface area contributed by atoms with Crippen molar-refractivity contribution in [2.75, 3.05) is 0 Å². The number of aromatic nitrogens is 2. The van der Waals surface area contributed by atoms with Gasteiger partial charge in [-0.2, -0.15) is 5.10 Å². The average Bonchev–Trinajstić information content (AvgIpc) is 3.08.